The summed E-state index contributed by atoms with van der Waals surface area (Å²) in [5.41, 5.74) is -0.0285. The molecule has 1 aliphatic rings. The second-order valence-corrected chi connectivity index (χ2v) is 5.75. The number of alkyl halides is 3. The van der Waals surface area contributed by atoms with E-state index in [1.54, 1.807) is 0 Å². The highest BCUT2D eigenvalue weighted by Crippen LogP contribution is 2.29. The predicted molar refractivity (Wildman–Crippen MR) is 84.0 cm³/mol. The zero-order chi connectivity index (χ0) is 17.9. The van der Waals surface area contributed by atoms with Gasteiger partial charge in [-0.2, -0.15) is 13.2 Å². The standard InChI is InChI=1S/C16H16F3N5O/c17-16(18,19)14-4-3-12(8-21-14)24-7-1-2-11(9-24)23-15(25)13-5-6-20-10-22-13/h3-6,8,10-11H,1-2,7,9H2,(H,23,25). The first-order valence-corrected chi connectivity index (χ1v) is 7.78. The normalized spacial score (nSPS) is 18.0. The van der Waals surface area contributed by atoms with Crippen LogP contribution in [0.5, 0.6) is 0 Å². The van der Waals surface area contributed by atoms with Crippen LogP contribution in [0.2, 0.25) is 0 Å². The Morgan fingerprint density at radius 2 is 2.08 bits per heavy atom. The van der Waals surface area contributed by atoms with Gasteiger partial charge in [-0.25, -0.2) is 15.0 Å². The van der Waals surface area contributed by atoms with E-state index in [4.69, 9.17) is 0 Å². The Balaban J connectivity index is 1.64. The molecule has 0 aliphatic carbocycles. The summed E-state index contributed by atoms with van der Waals surface area (Å²) in [6.45, 7) is 1.21. The molecule has 1 saturated heterocycles. The van der Waals surface area contributed by atoms with Gasteiger partial charge in [0.25, 0.3) is 5.91 Å². The Morgan fingerprint density at radius 3 is 2.72 bits per heavy atom. The van der Waals surface area contributed by atoms with Crippen molar-refractivity contribution >= 4 is 11.6 Å². The van der Waals surface area contributed by atoms with Crippen molar-refractivity contribution in [2.45, 2.75) is 25.1 Å². The summed E-state index contributed by atoms with van der Waals surface area (Å²) in [6.07, 6.45) is 1.17. The van der Waals surface area contributed by atoms with Crippen LogP contribution in [0.25, 0.3) is 0 Å². The molecule has 2 aromatic rings. The fourth-order valence-electron chi connectivity index (χ4n) is 2.75. The van der Waals surface area contributed by atoms with Gasteiger partial charge in [-0.15, -0.1) is 0 Å². The van der Waals surface area contributed by atoms with Crippen LogP contribution in [0, 0.1) is 0 Å². The summed E-state index contributed by atoms with van der Waals surface area (Å²) < 4.78 is 37.8. The third kappa shape index (κ3) is 4.23. The van der Waals surface area contributed by atoms with Crippen molar-refractivity contribution in [1.82, 2.24) is 20.3 Å². The number of pyridine rings is 1. The van der Waals surface area contributed by atoms with Gasteiger partial charge in [0.1, 0.15) is 17.7 Å². The quantitative estimate of drug-likeness (QED) is 0.919. The van der Waals surface area contributed by atoms with Gasteiger partial charge in [0, 0.05) is 25.3 Å². The molecule has 1 aliphatic heterocycles. The lowest BCUT2D eigenvalue weighted by Gasteiger charge is -2.34. The van der Waals surface area contributed by atoms with Crippen LogP contribution in [0.15, 0.2) is 36.9 Å². The number of hydrogen-bond donors (Lipinski definition) is 1. The Morgan fingerprint density at radius 1 is 1.24 bits per heavy atom. The molecule has 2 aromatic heterocycles. The van der Waals surface area contributed by atoms with Gasteiger partial charge in [0.2, 0.25) is 0 Å². The largest absolute Gasteiger partial charge is 0.433 e. The molecule has 1 unspecified atom stereocenters. The maximum Gasteiger partial charge on any atom is 0.433 e. The molecule has 3 heterocycles. The number of halogens is 3. The molecule has 0 bridgehead atoms. The molecule has 1 atom stereocenters. The second kappa shape index (κ2) is 7.04. The molecule has 6 nitrogen and oxygen atoms in total. The number of carbonyl (C=O) groups is 1. The molecule has 1 N–H and O–H groups in total. The minimum Gasteiger partial charge on any atom is -0.368 e. The van der Waals surface area contributed by atoms with E-state index in [0.717, 1.165) is 18.9 Å². The van der Waals surface area contributed by atoms with E-state index in [-0.39, 0.29) is 17.6 Å². The predicted octanol–water partition coefficient (Wildman–Crippen LogP) is 2.29. The van der Waals surface area contributed by atoms with Crippen molar-refractivity contribution in [1.29, 1.82) is 0 Å². The summed E-state index contributed by atoms with van der Waals surface area (Å²) in [4.78, 5) is 25.2. The van der Waals surface area contributed by atoms with Crippen molar-refractivity contribution in [2.24, 2.45) is 0 Å². The summed E-state index contributed by atoms with van der Waals surface area (Å²) in [5.74, 6) is -0.292. The van der Waals surface area contributed by atoms with Crippen LogP contribution < -0.4 is 10.2 Å². The van der Waals surface area contributed by atoms with Gasteiger partial charge < -0.3 is 10.2 Å². The maximum atomic E-state index is 12.6. The number of nitrogens with zero attached hydrogens (tertiary/aromatic N) is 4. The van der Waals surface area contributed by atoms with E-state index in [2.05, 4.69) is 20.3 Å². The maximum absolute atomic E-state index is 12.6. The van der Waals surface area contributed by atoms with Crippen molar-refractivity contribution in [2.75, 3.05) is 18.0 Å². The summed E-state index contributed by atoms with van der Waals surface area (Å²) in [5, 5.41) is 2.90. The number of carbonyl (C=O) groups excluding carboxylic acids is 1. The van der Waals surface area contributed by atoms with E-state index < -0.39 is 11.9 Å². The van der Waals surface area contributed by atoms with Gasteiger partial charge in [0.15, 0.2) is 0 Å². The van der Waals surface area contributed by atoms with E-state index in [0.29, 0.717) is 18.8 Å². The van der Waals surface area contributed by atoms with Crippen LogP contribution in [0.3, 0.4) is 0 Å². The molecular formula is C16H16F3N5O. The lowest BCUT2D eigenvalue weighted by Crippen LogP contribution is -2.48. The Kier molecular flexibility index (Phi) is 4.82. The first-order valence-electron chi connectivity index (χ1n) is 7.78. The van der Waals surface area contributed by atoms with Crippen LogP contribution in [-0.4, -0.2) is 40.0 Å². The van der Waals surface area contributed by atoms with Crippen molar-refractivity contribution in [3.8, 4) is 0 Å². The van der Waals surface area contributed by atoms with Gasteiger partial charge in [0.05, 0.1) is 11.9 Å². The van der Waals surface area contributed by atoms with Crippen molar-refractivity contribution < 1.29 is 18.0 Å². The monoisotopic (exact) mass is 351 g/mol. The molecule has 0 radical (unpaired) electrons. The van der Waals surface area contributed by atoms with Crippen molar-refractivity contribution in [3.05, 3.63) is 48.3 Å². The number of piperidine rings is 1. The van der Waals surface area contributed by atoms with Gasteiger partial charge >= 0.3 is 6.18 Å². The lowest BCUT2D eigenvalue weighted by atomic mass is 10.0. The number of anilines is 1. The number of rotatable bonds is 3. The fourth-order valence-corrected chi connectivity index (χ4v) is 2.75. The molecule has 132 valence electrons. The number of aromatic nitrogens is 3. The van der Waals surface area contributed by atoms with Crippen LogP contribution in [-0.2, 0) is 6.18 Å². The van der Waals surface area contributed by atoms with E-state index >= 15 is 0 Å². The highest BCUT2D eigenvalue weighted by molar-refractivity contribution is 5.92. The first-order chi connectivity index (χ1) is 11.9. The molecular weight excluding hydrogens is 335 g/mol. The summed E-state index contributed by atoms with van der Waals surface area (Å²) in [6, 6.07) is 3.79. The minimum atomic E-state index is -4.45. The Bertz CT molecular complexity index is 721. The van der Waals surface area contributed by atoms with Crippen molar-refractivity contribution in [3.63, 3.8) is 0 Å². The molecule has 1 fully saturated rings. The summed E-state index contributed by atoms with van der Waals surface area (Å²) in [7, 11) is 0. The van der Waals surface area contributed by atoms with Gasteiger partial charge in [-0.1, -0.05) is 0 Å². The van der Waals surface area contributed by atoms with E-state index in [1.807, 2.05) is 4.90 Å². The molecule has 3 rings (SSSR count). The van der Waals surface area contributed by atoms with E-state index in [9.17, 15) is 18.0 Å². The molecule has 9 heteroatoms. The summed E-state index contributed by atoms with van der Waals surface area (Å²) >= 11 is 0. The Labute approximate surface area is 142 Å². The first kappa shape index (κ1) is 17.1. The number of nitrogens with one attached hydrogen (secondary N) is 1. The molecule has 0 aromatic carbocycles. The van der Waals surface area contributed by atoms with E-state index in [1.165, 1.54) is 30.9 Å². The average Bonchev–Trinajstić information content (AvgIpc) is 2.62. The highest BCUT2D eigenvalue weighted by atomic mass is 19.4. The zero-order valence-electron chi connectivity index (χ0n) is 13.2. The van der Waals surface area contributed by atoms with Crippen LogP contribution in [0.1, 0.15) is 29.0 Å². The molecule has 0 saturated carbocycles. The average molecular weight is 351 g/mol. The molecule has 1 amide bonds. The third-order valence-electron chi connectivity index (χ3n) is 3.97. The van der Waals surface area contributed by atoms with Gasteiger partial charge in [-0.3, -0.25) is 4.79 Å². The van der Waals surface area contributed by atoms with Gasteiger partial charge in [-0.05, 0) is 31.0 Å². The molecule has 25 heavy (non-hydrogen) atoms. The number of amides is 1. The minimum absolute atomic E-state index is 0.112. The fraction of sp³-hybridized carbons (Fsp3) is 0.375. The lowest BCUT2D eigenvalue weighted by molar-refractivity contribution is -0.141. The van der Waals surface area contributed by atoms with Crippen LogP contribution in [0.4, 0.5) is 18.9 Å². The number of hydrogen-bond acceptors (Lipinski definition) is 5. The topological polar surface area (TPSA) is 71.0 Å². The SMILES string of the molecule is O=C(NC1CCCN(c2ccc(C(F)(F)F)nc2)C1)c1ccncn1. The second-order valence-electron chi connectivity index (χ2n) is 5.75. The van der Waals surface area contributed by atoms with Crippen LogP contribution >= 0.6 is 0 Å². The smallest absolute Gasteiger partial charge is 0.368 e. The third-order valence-corrected chi connectivity index (χ3v) is 3.97. The Hall–Kier alpha value is -2.71. The zero-order valence-corrected chi connectivity index (χ0v) is 13.2. The highest BCUT2D eigenvalue weighted by Gasteiger charge is 2.32. The molecule has 0 spiro atoms.